The molecule has 0 aliphatic heterocycles. The monoisotopic (exact) mass is 352 g/mol. The van der Waals surface area contributed by atoms with Crippen LogP contribution in [0.25, 0.3) is 0 Å². The van der Waals surface area contributed by atoms with Crippen LogP contribution in [0.5, 0.6) is 0 Å². The second kappa shape index (κ2) is 7.27. The van der Waals surface area contributed by atoms with Crippen LogP contribution >= 0.6 is 46.4 Å². The molecule has 0 atom stereocenters. The van der Waals surface area contributed by atoms with Crippen LogP contribution in [0.3, 0.4) is 0 Å². The molecular weight excluding hydrogens is 348 g/mol. The van der Waals surface area contributed by atoms with E-state index in [0.29, 0.717) is 20.1 Å². The normalized spacial score (nSPS) is 9.56. The van der Waals surface area contributed by atoms with Crippen molar-refractivity contribution in [3.63, 3.8) is 0 Å². The van der Waals surface area contributed by atoms with Gasteiger partial charge in [-0.2, -0.15) is 0 Å². The minimum absolute atomic E-state index is 0. The number of halogens is 5. The zero-order valence-corrected chi connectivity index (χ0v) is 13.9. The van der Waals surface area contributed by atoms with Gasteiger partial charge in [0.1, 0.15) is 0 Å². The Morgan fingerprint density at radius 1 is 0.611 bits per heavy atom. The number of hydrogen-bond acceptors (Lipinski definition) is 0. The van der Waals surface area contributed by atoms with E-state index in [0.717, 1.165) is 8.85 Å². The molecule has 0 spiro atoms. The number of benzene rings is 2. The summed E-state index contributed by atoms with van der Waals surface area (Å²) in [5.74, 6) is 0. The molecule has 0 N–H and O–H groups in total. The van der Waals surface area contributed by atoms with Crippen LogP contribution in [0.4, 0.5) is 0 Å². The summed E-state index contributed by atoms with van der Waals surface area (Å²) in [6.07, 6.45) is 0. The Balaban J connectivity index is 0.00000162. The first kappa shape index (κ1) is 16.5. The first-order valence-electron chi connectivity index (χ1n) is 4.82. The van der Waals surface area contributed by atoms with Crippen LogP contribution in [0.1, 0.15) is 0 Å². The van der Waals surface area contributed by atoms with Gasteiger partial charge in [0.15, 0.2) is 0 Å². The van der Waals surface area contributed by atoms with E-state index in [2.05, 4.69) is 0 Å². The molecule has 0 aromatic heterocycles. The SMILES string of the molecule is Clc1cccc(Cl)[c]1[Al+][c]1c(Cl)cccc1Cl.[Cl-]. The summed E-state index contributed by atoms with van der Waals surface area (Å²) in [6.45, 7) is 0. The average molecular weight is 354 g/mol. The fraction of sp³-hybridized carbons (Fsp3) is 0. The van der Waals surface area contributed by atoms with Gasteiger partial charge in [0.2, 0.25) is 0 Å². The standard InChI is InChI=1S/2C6H3Cl2.Al.ClH/c2*7-5-2-1-3-6(8)4-5;;/h2*1-3H;;1H/q;;+1;/p-1. The van der Waals surface area contributed by atoms with Crippen LogP contribution in [-0.4, -0.2) is 15.2 Å². The molecule has 0 saturated heterocycles. The maximum absolute atomic E-state index is 6.13. The van der Waals surface area contributed by atoms with Crippen molar-refractivity contribution in [1.82, 2.24) is 0 Å². The summed E-state index contributed by atoms with van der Waals surface area (Å²) in [4.78, 5) is 0. The minimum Gasteiger partial charge on any atom is -1.00 e. The van der Waals surface area contributed by atoms with Gasteiger partial charge in [0.25, 0.3) is 0 Å². The Bertz CT molecular complexity index is 466. The third-order valence-corrected chi connectivity index (χ3v) is 6.16. The summed E-state index contributed by atoms with van der Waals surface area (Å²) < 4.78 is 1.84. The van der Waals surface area contributed by atoms with E-state index in [-0.39, 0.29) is 27.6 Å². The van der Waals surface area contributed by atoms with Gasteiger partial charge in [-0.1, -0.05) is 0 Å². The Labute approximate surface area is 138 Å². The zero-order valence-electron chi connectivity index (χ0n) is 8.93. The van der Waals surface area contributed by atoms with Gasteiger partial charge in [0, 0.05) is 0 Å². The van der Waals surface area contributed by atoms with Gasteiger partial charge in [0.05, 0.1) is 0 Å². The largest absolute Gasteiger partial charge is 1.00 e. The molecule has 6 heteroatoms. The molecular formula is C12H6AlCl5. The van der Waals surface area contributed by atoms with Crippen molar-refractivity contribution in [3.8, 4) is 0 Å². The third-order valence-electron chi connectivity index (χ3n) is 2.29. The first-order valence-corrected chi connectivity index (χ1v) is 7.49. The molecule has 18 heavy (non-hydrogen) atoms. The summed E-state index contributed by atoms with van der Waals surface area (Å²) in [7, 11) is 0. The molecule has 0 aliphatic carbocycles. The topological polar surface area (TPSA) is 0 Å². The van der Waals surface area contributed by atoms with E-state index < -0.39 is 0 Å². The minimum atomic E-state index is -0.317. The third kappa shape index (κ3) is 3.72. The van der Waals surface area contributed by atoms with Gasteiger partial charge < -0.3 is 12.4 Å². The molecule has 2 aromatic carbocycles. The maximum atomic E-state index is 6.13. The summed E-state index contributed by atoms with van der Waals surface area (Å²) in [5.41, 5.74) is 0. The van der Waals surface area contributed by atoms with Crippen molar-refractivity contribution in [1.29, 1.82) is 0 Å². The molecule has 0 aliphatic rings. The van der Waals surface area contributed by atoms with E-state index in [1.807, 2.05) is 36.4 Å². The van der Waals surface area contributed by atoms with Crippen molar-refractivity contribution in [3.05, 3.63) is 56.5 Å². The number of rotatable bonds is 2. The number of hydrogen-bond donors (Lipinski definition) is 0. The second-order valence-electron chi connectivity index (χ2n) is 3.42. The van der Waals surface area contributed by atoms with Crippen LogP contribution in [-0.2, 0) is 0 Å². The molecule has 0 saturated carbocycles. The summed E-state index contributed by atoms with van der Waals surface area (Å²) in [5, 5.41) is 2.62. The Morgan fingerprint density at radius 3 is 1.17 bits per heavy atom. The van der Waals surface area contributed by atoms with Crippen LogP contribution in [0, 0.1) is 0 Å². The van der Waals surface area contributed by atoms with Gasteiger partial charge >= 0.3 is 127 Å². The summed E-state index contributed by atoms with van der Waals surface area (Å²) in [6, 6.07) is 10.9. The predicted molar refractivity (Wildman–Crippen MR) is 77.9 cm³/mol. The average Bonchev–Trinajstić information content (AvgIpc) is 2.27. The van der Waals surface area contributed by atoms with Crippen molar-refractivity contribution >= 4 is 70.5 Å². The molecule has 92 valence electrons. The van der Waals surface area contributed by atoms with E-state index in [1.54, 1.807) is 0 Å². The molecule has 0 radical (unpaired) electrons. The Kier molecular flexibility index (Phi) is 6.66. The fourth-order valence-electron chi connectivity index (χ4n) is 1.44. The molecule has 0 nitrogen and oxygen atoms in total. The van der Waals surface area contributed by atoms with Crippen LogP contribution in [0.15, 0.2) is 36.4 Å². The molecule has 0 unspecified atom stereocenters. The van der Waals surface area contributed by atoms with Crippen LogP contribution < -0.4 is 21.3 Å². The van der Waals surface area contributed by atoms with Gasteiger partial charge in [-0.15, -0.1) is 0 Å². The van der Waals surface area contributed by atoms with E-state index in [9.17, 15) is 0 Å². The molecule has 2 rings (SSSR count). The zero-order chi connectivity index (χ0) is 12.4. The maximum Gasteiger partial charge on any atom is -1.00 e. The second-order valence-corrected chi connectivity index (χ2v) is 6.49. The quantitative estimate of drug-likeness (QED) is 0.705. The molecule has 0 heterocycles. The van der Waals surface area contributed by atoms with Crippen LogP contribution in [0.2, 0.25) is 20.1 Å². The van der Waals surface area contributed by atoms with Crippen molar-refractivity contribution in [2.45, 2.75) is 0 Å². The Morgan fingerprint density at radius 2 is 0.889 bits per heavy atom. The molecule has 0 amide bonds. The smallest absolute Gasteiger partial charge is 1.00 e. The Hall–Kier alpha value is 0.422. The van der Waals surface area contributed by atoms with Crippen molar-refractivity contribution < 1.29 is 12.4 Å². The molecule has 0 fully saturated rings. The van der Waals surface area contributed by atoms with Gasteiger partial charge in [-0.05, 0) is 0 Å². The first-order chi connectivity index (χ1) is 8.09. The van der Waals surface area contributed by atoms with E-state index in [4.69, 9.17) is 46.4 Å². The van der Waals surface area contributed by atoms with E-state index in [1.165, 1.54) is 0 Å². The van der Waals surface area contributed by atoms with E-state index >= 15 is 0 Å². The van der Waals surface area contributed by atoms with Gasteiger partial charge in [-0.25, -0.2) is 0 Å². The predicted octanol–water partition coefficient (Wildman–Crippen LogP) is 0.959. The fourth-order valence-corrected chi connectivity index (χ4v) is 4.12. The molecule has 0 bridgehead atoms. The van der Waals surface area contributed by atoms with Gasteiger partial charge in [-0.3, -0.25) is 0 Å². The summed E-state index contributed by atoms with van der Waals surface area (Å²) >= 11 is 24.2. The van der Waals surface area contributed by atoms with Crippen molar-refractivity contribution in [2.75, 3.05) is 0 Å². The molecule has 2 aromatic rings. The van der Waals surface area contributed by atoms with Crippen molar-refractivity contribution in [2.24, 2.45) is 0 Å².